The monoisotopic (exact) mass is 261 g/mol. The zero-order chi connectivity index (χ0) is 13.5. The maximum Gasteiger partial charge on any atom is 0.0544 e. The van der Waals surface area contributed by atoms with E-state index < -0.39 is 0 Å². The Bertz CT molecular complexity index is 348. The van der Waals surface area contributed by atoms with Crippen LogP contribution in [-0.2, 0) is 6.54 Å². The van der Waals surface area contributed by atoms with E-state index in [-0.39, 0.29) is 0 Å². The van der Waals surface area contributed by atoms with Crippen LogP contribution in [0.4, 0.5) is 0 Å². The van der Waals surface area contributed by atoms with Crippen molar-refractivity contribution in [1.29, 1.82) is 0 Å². The smallest absolute Gasteiger partial charge is 0.0544 e. The lowest BCUT2D eigenvalue weighted by atomic mass is 10.1. The zero-order valence-corrected chi connectivity index (χ0v) is 12.3. The molecule has 0 aliphatic heterocycles. The molecule has 1 aliphatic carbocycles. The van der Waals surface area contributed by atoms with Crippen LogP contribution in [0.25, 0.3) is 0 Å². The van der Waals surface area contributed by atoms with Crippen LogP contribution in [0.2, 0.25) is 0 Å². The number of nitrogens with one attached hydrogen (secondary N) is 1. The lowest BCUT2D eigenvalue weighted by Crippen LogP contribution is -2.42. The molecule has 19 heavy (non-hydrogen) atoms. The van der Waals surface area contributed by atoms with Gasteiger partial charge >= 0.3 is 0 Å². The van der Waals surface area contributed by atoms with Gasteiger partial charge in [-0.1, -0.05) is 26.3 Å². The van der Waals surface area contributed by atoms with Crippen molar-refractivity contribution >= 4 is 0 Å². The molecule has 3 heteroatoms. The Hall–Kier alpha value is -0.930. The lowest BCUT2D eigenvalue weighted by Gasteiger charge is -2.30. The number of pyridine rings is 1. The molecule has 1 unspecified atom stereocenters. The second-order valence-electron chi connectivity index (χ2n) is 5.51. The van der Waals surface area contributed by atoms with Crippen LogP contribution in [0.5, 0.6) is 0 Å². The quantitative estimate of drug-likeness (QED) is 0.741. The first-order valence-corrected chi connectivity index (χ1v) is 7.70. The summed E-state index contributed by atoms with van der Waals surface area (Å²) in [6.45, 7) is 7.71. The number of aromatic nitrogens is 1. The van der Waals surface area contributed by atoms with Crippen molar-refractivity contribution in [2.75, 3.05) is 13.1 Å². The molecule has 106 valence electrons. The van der Waals surface area contributed by atoms with E-state index in [1.165, 1.54) is 31.4 Å². The molecule has 1 aliphatic rings. The summed E-state index contributed by atoms with van der Waals surface area (Å²) in [4.78, 5) is 7.01. The number of rotatable bonds is 9. The van der Waals surface area contributed by atoms with Crippen molar-refractivity contribution in [3.8, 4) is 0 Å². The molecule has 1 N–H and O–H groups in total. The molecule has 0 amide bonds. The Morgan fingerprint density at radius 3 is 2.79 bits per heavy atom. The summed E-state index contributed by atoms with van der Waals surface area (Å²) in [5, 5.41) is 3.68. The second-order valence-corrected chi connectivity index (χ2v) is 5.51. The Morgan fingerprint density at radius 1 is 1.37 bits per heavy atom. The minimum absolute atomic E-state index is 0.637. The summed E-state index contributed by atoms with van der Waals surface area (Å²) in [6.07, 6.45) is 7.13. The Balaban J connectivity index is 1.90. The molecule has 1 aromatic heterocycles. The normalized spacial score (nSPS) is 16.8. The van der Waals surface area contributed by atoms with E-state index in [2.05, 4.69) is 41.2 Å². The molecular weight excluding hydrogens is 234 g/mol. The Morgan fingerprint density at radius 2 is 2.21 bits per heavy atom. The first kappa shape index (κ1) is 14.5. The van der Waals surface area contributed by atoms with Gasteiger partial charge in [-0.2, -0.15) is 0 Å². The molecule has 0 aromatic carbocycles. The summed E-state index contributed by atoms with van der Waals surface area (Å²) in [5.74, 6) is 0. The summed E-state index contributed by atoms with van der Waals surface area (Å²) < 4.78 is 0. The topological polar surface area (TPSA) is 28.2 Å². The average molecular weight is 261 g/mol. The van der Waals surface area contributed by atoms with Crippen LogP contribution in [0.15, 0.2) is 24.4 Å². The summed E-state index contributed by atoms with van der Waals surface area (Å²) >= 11 is 0. The van der Waals surface area contributed by atoms with E-state index >= 15 is 0 Å². The molecule has 1 fully saturated rings. The third-order valence-electron chi connectivity index (χ3n) is 3.86. The molecule has 1 heterocycles. The van der Waals surface area contributed by atoms with E-state index in [0.29, 0.717) is 6.04 Å². The van der Waals surface area contributed by atoms with Crippen LogP contribution < -0.4 is 5.32 Å². The molecule has 0 saturated heterocycles. The Kier molecular flexibility index (Phi) is 5.80. The van der Waals surface area contributed by atoms with Gasteiger partial charge in [-0.25, -0.2) is 0 Å². The summed E-state index contributed by atoms with van der Waals surface area (Å²) in [6, 6.07) is 7.62. The van der Waals surface area contributed by atoms with Gasteiger partial charge in [0.05, 0.1) is 5.69 Å². The van der Waals surface area contributed by atoms with Crippen molar-refractivity contribution in [2.24, 2.45) is 0 Å². The van der Waals surface area contributed by atoms with Gasteiger partial charge in [0, 0.05) is 31.4 Å². The SMILES string of the molecule is CCCC(CNC1CC1)N(CC)Cc1ccccn1. The molecule has 2 rings (SSSR count). The minimum Gasteiger partial charge on any atom is -0.312 e. The molecule has 1 atom stereocenters. The molecule has 0 bridgehead atoms. The second kappa shape index (κ2) is 7.61. The molecule has 0 radical (unpaired) electrons. The van der Waals surface area contributed by atoms with Crippen molar-refractivity contribution in [2.45, 2.75) is 58.2 Å². The van der Waals surface area contributed by atoms with E-state index in [4.69, 9.17) is 0 Å². The third kappa shape index (κ3) is 4.92. The Labute approximate surface area is 117 Å². The van der Waals surface area contributed by atoms with Gasteiger partial charge in [0.1, 0.15) is 0 Å². The zero-order valence-electron chi connectivity index (χ0n) is 12.3. The van der Waals surface area contributed by atoms with E-state index in [1.807, 2.05) is 12.3 Å². The highest BCUT2D eigenvalue weighted by Crippen LogP contribution is 2.19. The fourth-order valence-electron chi connectivity index (χ4n) is 2.54. The average Bonchev–Trinajstić information content (AvgIpc) is 3.26. The van der Waals surface area contributed by atoms with E-state index in [9.17, 15) is 0 Å². The molecule has 3 nitrogen and oxygen atoms in total. The molecular formula is C16H27N3. The third-order valence-corrected chi connectivity index (χ3v) is 3.86. The van der Waals surface area contributed by atoms with E-state index in [0.717, 1.165) is 25.7 Å². The molecule has 1 aromatic rings. The predicted molar refractivity (Wildman–Crippen MR) is 80.0 cm³/mol. The van der Waals surface area contributed by atoms with Gasteiger partial charge in [0.2, 0.25) is 0 Å². The first-order chi connectivity index (χ1) is 9.33. The number of hydrogen-bond acceptors (Lipinski definition) is 3. The first-order valence-electron chi connectivity index (χ1n) is 7.70. The maximum atomic E-state index is 4.45. The summed E-state index contributed by atoms with van der Waals surface area (Å²) in [5.41, 5.74) is 1.18. The summed E-state index contributed by atoms with van der Waals surface area (Å²) in [7, 11) is 0. The van der Waals surface area contributed by atoms with Crippen LogP contribution in [0.3, 0.4) is 0 Å². The lowest BCUT2D eigenvalue weighted by molar-refractivity contribution is 0.179. The van der Waals surface area contributed by atoms with Gasteiger partial charge < -0.3 is 5.32 Å². The number of hydrogen-bond donors (Lipinski definition) is 1. The van der Waals surface area contributed by atoms with Gasteiger partial charge in [0.25, 0.3) is 0 Å². The van der Waals surface area contributed by atoms with Crippen LogP contribution in [0.1, 0.15) is 45.2 Å². The highest BCUT2D eigenvalue weighted by atomic mass is 15.2. The minimum atomic E-state index is 0.637. The molecule has 0 spiro atoms. The largest absolute Gasteiger partial charge is 0.312 e. The highest BCUT2D eigenvalue weighted by Gasteiger charge is 2.23. The fourth-order valence-corrected chi connectivity index (χ4v) is 2.54. The van der Waals surface area contributed by atoms with Crippen LogP contribution >= 0.6 is 0 Å². The number of nitrogens with zero attached hydrogens (tertiary/aromatic N) is 2. The molecule has 1 saturated carbocycles. The van der Waals surface area contributed by atoms with Crippen molar-refractivity contribution < 1.29 is 0 Å². The van der Waals surface area contributed by atoms with Gasteiger partial charge in [0.15, 0.2) is 0 Å². The van der Waals surface area contributed by atoms with Gasteiger partial charge in [-0.3, -0.25) is 9.88 Å². The van der Waals surface area contributed by atoms with Crippen molar-refractivity contribution in [1.82, 2.24) is 15.2 Å². The van der Waals surface area contributed by atoms with Gasteiger partial charge in [-0.05, 0) is 37.9 Å². The van der Waals surface area contributed by atoms with Gasteiger partial charge in [-0.15, -0.1) is 0 Å². The maximum absolute atomic E-state index is 4.45. The van der Waals surface area contributed by atoms with Crippen LogP contribution in [0, 0.1) is 0 Å². The van der Waals surface area contributed by atoms with Crippen molar-refractivity contribution in [3.63, 3.8) is 0 Å². The van der Waals surface area contributed by atoms with Crippen LogP contribution in [-0.4, -0.2) is 35.1 Å². The predicted octanol–water partition coefficient (Wildman–Crippen LogP) is 2.82. The standard InChI is InChI=1S/C16H27N3/c1-3-7-16(12-18-14-9-10-14)19(4-2)13-15-8-5-6-11-17-15/h5-6,8,11,14,16,18H,3-4,7,9-10,12-13H2,1-2H3. The fraction of sp³-hybridized carbons (Fsp3) is 0.688. The van der Waals surface area contributed by atoms with Crippen molar-refractivity contribution in [3.05, 3.63) is 30.1 Å². The highest BCUT2D eigenvalue weighted by molar-refractivity contribution is 5.03. The number of likely N-dealkylation sites (N-methyl/N-ethyl adjacent to an activating group) is 1. The van der Waals surface area contributed by atoms with E-state index in [1.54, 1.807) is 0 Å².